The van der Waals surface area contributed by atoms with Crippen molar-refractivity contribution in [1.82, 2.24) is 29.7 Å². The Morgan fingerprint density at radius 2 is 2.04 bits per heavy atom. The Bertz CT molecular complexity index is 950. The number of rotatable bonds is 6. The summed E-state index contributed by atoms with van der Waals surface area (Å²) < 4.78 is 7.30. The molecule has 1 aromatic carbocycles. The van der Waals surface area contributed by atoms with E-state index in [1.54, 1.807) is 13.3 Å². The zero-order valence-corrected chi connectivity index (χ0v) is 13.7. The average Bonchev–Trinajstić information content (AvgIpc) is 3.28. The van der Waals surface area contributed by atoms with E-state index in [-0.39, 0.29) is 6.04 Å². The molecular weight excluding hydrogens is 318 g/mol. The topological polar surface area (TPSA) is 94.6 Å². The number of fused-ring (bicyclic) bond motifs is 1. The van der Waals surface area contributed by atoms with Crippen LogP contribution >= 0.6 is 0 Å². The predicted octanol–water partition coefficient (Wildman–Crippen LogP) is 2.76. The fourth-order valence-corrected chi connectivity index (χ4v) is 2.75. The third kappa shape index (κ3) is 3.32. The van der Waals surface area contributed by atoms with Crippen molar-refractivity contribution in [2.24, 2.45) is 0 Å². The van der Waals surface area contributed by atoms with Gasteiger partial charge in [-0.25, -0.2) is 15.0 Å². The van der Waals surface area contributed by atoms with E-state index in [1.165, 1.54) is 12.7 Å². The summed E-state index contributed by atoms with van der Waals surface area (Å²) in [5.74, 6) is 1.23. The fraction of sp³-hybridized carbons (Fsp3) is 0.235. The van der Waals surface area contributed by atoms with Gasteiger partial charge in [0.2, 0.25) is 0 Å². The summed E-state index contributed by atoms with van der Waals surface area (Å²) in [6.07, 6.45) is 5.55. The molecule has 0 radical (unpaired) electrons. The van der Waals surface area contributed by atoms with Crippen molar-refractivity contribution in [3.05, 3.63) is 60.8 Å². The molecule has 0 unspecified atom stereocenters. The largest absolute Gasteiger partial charge is 0.422 e. The molecule has 1 N–H and O–H groups in total. The van der Waals surface area contributed by atoms with Gasteiger partial charge < -0.3 is 9.73 Å². The van der Waals surface area contributed by atoms with Crippen molar-refractivity contribution in [3.8, 4) is 0 Å². The van der Waals surface area contributed by atoms with Gasteiger partial charge in [0.1, 0.15) is 19.0 Å². The first-order chi connectivity index (χ1) is 12.3. The molecule has 0 amide bonds. The lowest BCUT2D eigenvalue weighted by Crippen LogP contribution is -2.15. The molecular formula is C17H17N7O. The van der Waals surface area contributed by atoms with Crippen LogP contribution in [0.25, 0.3) is 11.2 Å². The van der Waals surface area contributed by atoms with Crippen LogP contribution in [0.2, 0.25) is 0 Å². The second-order valence-electron chi connectivity index (χ2n) is 5.66. The highest BCUT2D eigenvalue weighted by Crippen LogP contribution is 2.26. The summed E-state index contributed by atoms with van der Waals surface area (Å²) in [5.41, 5.74) is 2.29. The van der Waals surface area contributed by atoms with E-state index in [1.807, 2.05) is 22.9 Å². The Labute approximate surface area is 144 Å². The third-order valence-corrected chi connectivity index (χ3v) is 3.93. The SMILES string of the molecule is Cc1nc2c(N[C@@H](CCn3cncn3)c3ccccc3)ncnc2o1. The molecule has 0 bridgehead atoms. The van der Waals surface area contributed by atoms with Gasteiger partial charge in [0, 0.05) is 13.5 Å². The van der Waals surface area contributed by atoms with Crippen LogP contribution < -0.4 is 5.32 Å². The molecule has 0 saturated heterocycles. The van der Waals surface area contributed by atoms with Crippen molar-refractivity contribution >= 4 is 17.0 Å². The van der Waals surface area contributed by atoms with Crippen LogP contribution in [0.15, 0.2) is 53.7 Å². The molecule has 1 atom stereocenters. The Kier molecular flexibility index (Phi) is 4.07. The first kappa shape index (κ1) is 15.3. The van der Waals surface area contributed by atoms with Gasteiger partial charge >= 0.3 is 0 Å². The number of oxazole rings is 1. The quantitative estimate of drug-likeness (QED) is 0.579. The molecule has 0 saturated carbocycles. The second-order valence-corrected chi connectivity index (χ2v) is 5.66. The number of aromatic nitrogens is 6. The van der Waals surface area contributed by atoms with E-state index in [9.17, 15) is 0 Å². The van der Waals surface area contributed by atoms with Crippen LogP contribution in [-0.4, -0.2) is 29.7 Å². The maximum absolute atomic E-state index is 5.49. The maximum atomic E-state index is 5.49. The first-order valence-corrected chi connectivity index (χ1v) is 8.01. The van der Waals surface area contributed by atoms with E-state index in [0.717, 1.165) is 18.5 Å². The Morgan fingerprint density at radius 1 is 1.16 bits per heavy atom. The van der Waals surface area contributed by atoms with Gasteiger partial charge in [-0.3, -0.25) is 4.68 Å². The molecule has 0 spiro atoms. The molecule has 0 aliphatic carbocycles. The Hall–Kier alpha value is -3.29. The number of nitrogens with zero attached hydrogens (tertiary/aromatic N) is 6. The van der Waals surface area contributed by atoms with Crippen LogP contribution in [0.5, 0.6) is 0 Å². The van der Waals surface area contributed by atoms with Gasteiger partial charge in [-0.05, 0) is 12.0 Å². The van der Waals surface area contributed by atoms with Crippen LogP contribution in [0, 0.1) is 6.92 Å². The lowest BCUT2D eigenvalue weighted by molar-refractivity contribution is 0.537. The predicted molar refractivity (Wildman–Crippen MR) is 91.8 cm³/mol. The molecule has 0 aliphatic heterocycles. The lowest BCUT2D eigenvalue weighted by Gasteiger charge is -2.19. The first-order valence-electron chi connectivity index (χ1n) is 8.01. The van der Waals surface area contributed by atoms with Gasteiger partial charge in [-0.1, -0.05) is 30.3 Å². The summed E-state index contributed by atoms with van der Waals surface area (Å²) in [7, 11) is 0. The molecule has 0 fully saturated rings. The number of aryl methyl sites for hydroxylation is 2. The smallest absolute Gasteiger partial charge is 0.252 e. The van der Waals surface area contributed by atoms with Gasteiger partial charge in [-0.2, -0.15) is 10.1 Å². The summed E-state index contributed by atoms with van der Waals surface area (Å²) in [5, 5.41) is 7.65. The van der Waals surface area contributed by atoms with E-state index in [0.29, 0.717) is 22.9 Å². The van der Waals surface area contributed by atoms with Crippen LogP contribution in [0.4, 0.5) is 5.82 Å². The molecule has 3 aromatic heterocycles. The molecule has 4 aromatic rings. The summed E-state index contributed by atoms with van der Waals surface area (Å²) in [4.78, 5) is 16.9. The molecule has 25 heavy (non-hydrogen) atoms. The van der Waals surface area contributed by atoms with Crippen molar-refractivity contribution in [2.45, 2.75) is 25.9 Å². The third-order valence-electron chi connectivity index (χ3n) is 3.93. The van der Waals surface area contributed by atoms with Gasteiger partial charge in [0.25, 0.3) is 5.71 Å². The highest BCUT2D eigenvalue weighted by atomic mass is 16.4. The fourth-order valence-electron chi connectivity index (χ4n) is 2.75. The number of hydrogen-bond acceptors (Lipinski definition) is 7. The van der Waals surface area contributed by atoms with Crippen molar-refractivity contribution in [1.29, 1.82) is 0 Å². The van der Waals surface area contributed by atoms with Gasteiger partial charge in [0.15, 0.2) is 17.2 Å². The maximum Gasteiger partial charge on any atom is 0.252 e. The molecule has 4 rings (SSSR count). The highest BCUT2D eigenvalue weighted by molar-refractivity contribution is 5.81. The molecule has 8 heteroatoms. The highest BCUT2D eigenvalue weighted by Gasteiger charge is 2.16. The second kappa shape index (κ2) is 6.68. The number of anilines is 1. The summed E-state index contributed by atoms with van der Waals surface area (Å²) in [6, 6.07) is 10.3. The molecule has 0 aliphatic rings. The minimum absolute atomic E-state index is 0.0421. The van der Waals surface area contributed by atoms with Crippen LogP contribution in [0.3, 0.4) is 0 Å². The summed E-state index contributed by atoms with van der Waals surface area (Å²) in [6.45, 7) is 2.53. The molecule has 8 nitrogen and oxygen atoms in total. The van der Waals surface area contributed by atoms with E-state index >= 15 is 0 Å². The van der Waals surface area contributed by atoms with Gasteiger partial charge in [0.05, 0.1) is 6.04 Å². The lowest BCUT2D eigenvalue weighted by atomic mass is 10.0. The van der Waals surface area contributed by atoms with E-state index in [2.05, 4.69) is 42.5 Å². The van der Waals surface area contributed by atoms with Crippen LogP contribution in [0.1, 0.15) is 23.9 Å². The monoisotopic (exact) mass is 335 g/mol. The van der Waals surface area contributed by atoms with E-state index in [4.69, 9.17) is 4.42 Å². The Balaban J connectivity index is 1.63. The number of hydrogen-bond donors (Lipinski definition) is 1. The average molecular weight is 335 g/mol. The number of nitrogens with one attached hydrogen (secondary N) is 1. The van der Waals surface area contributed by atoms with Gasteiger partial charge in [-0.15, -0.1) is 0 Å². The Morgan fingerprint density at radius 3 is 2.84 bits per heavy atom. The van der Waals surface area contributed by atoms with Crippen LogP contribution in [-0.2, 0) is 6.54 Å². The van der Waals surface area contributed by atoms with Crippen molar-refractivity contribution in [2.75, 3.05) is 5.32 Å². The number of benzene rings is 1. The summed E-state index contributed by atoms with van der Waals surface area (Å²) >= 11 is 0. The van der Waals surface area contributed by atoms with Crippen molar-refractivity contribution in [3.63, 3.8) is 0 Å². The zero-order chi connectivity index (χ0) is 17.1. The minimum atomic E-state index is 0.0421. The molecule has 126 valence electrons. The normalized spacial score (nSPS) is 12.4. The molecule has 3 heterocycles. The van der Waals surface area contributed by atoms with E-state index < -0.39 is 0 Å². The standard InChI is InChI=1S/C17H17N7O/c1-12-22-15-16(19-10-20-17(15)25-12)23-14(13-5-3-2-4-6-13)7-8-24-11-18-9-21-24/h2-6,9-11,14H,7-8H2,1H3,(H,19,20,23)/t14-/m0/s1. The van der Waals surface area contributed by atoms with Crippen molar-refractivity contribution < 1.29 is 4.42 Å². The zero-order valence-electron chi connectivity index (χ0n) is 13.7. The minimum Gasteiger partial charge on any atom is -0.422 e.